The lowest BCUT2D eigenvalue weighted by Crippen LogP contribution is -2.48. The monoisotopic (exact) mass is 422 g/mol. The minimum Gasteiger partial charge on any atom is -0.369 e. The average molecular weight is 423 g/mol. The summed E-state index contributed by atoms with van der Waals surface area (Å²) >= 11 is 0. The zero-order chi connectivity index (χ0) is 21.8. The molecule has 1 aliphatic rings. The molecule has 6 nitrogen and oxygen atoms in total. The number of aromatic nitrogens is 4. The summed E-state index contributed by atoms with van der Waals surface area (Å²) in [5.41, 5.74) is 4.96. The summed E-state index contributed by atoms with van der Waals surface area (Å²) < 4.78 is 15.1. The Bertz CT molecular complexity index is 992. The number of rotatable bonds is 7. The number of hydrogen-bond acceptors (Lipinski definition) is 5. The Labute approximate surface area is 183 Å². The standard InChI is InChI=1S/C24H31FN6/c1-4-5-22(24-26-27-28-31(24)17-20-8-10-21(25)11-9-20)29-12-14-30(15-13-29)23-16-18(2)6-7-19(23)3/h6-11,16,22H,4-5,12-15,17H2,1-3H3. The number of anilines is 1. The lowest BCUT2D eigenvalue weighted by Gasteiger charge is -2.40. The van der Waals surface area contributed by atoms with Gasteiger partial charge in [-0.05, 0) is 65.6 Å². The van der Waals surface area contributed by atoms with E-state index in [1.54, 1.807) is 12.1 Å². The third kappa shape index (κ3) is 4.93. The number of aryl methyl sites for hydroxylation is 2. The first-order valence-corrected chi connectivity index (χ1v) is 11.1. The molecule has 1 aromatic heterocycles. The maximum atomic E-state index is 13.3. The second-order valence-corrected chi connectivity index (χ2v) is 8.44. The molecule has 7 heteroatoms. The van der Waals surface area contributed by atoms with E-state index in [0.717, 1.165) is 50.4 Å². The molecule has 1 atom stereocenters. The van der Waals surface area contributed by atoms with Crippen LogP contribution in [0.25, 0.3) is 0 Å². The van der Waals surface area contributed by atoms with Crippen LogP contribution >= 0.6 is 0 Å². The van der Waals surface area contributed by atoms with E-state index < -0.39 is 0 Å². The number of tetrazole rings is 1. The molecule has 3 aromatic rings. The van der Waals surface area contributed by atoms with Crippen LogP contribution in [-0.4, -0.2) is 51.3 Å². The molecule has 0 amide bonds. The molecular weight excluding hydrogens is 391 g/mol. The first kappa shape index (κ1) is 21.4. The number of hydrogen-bond donors (Lipinski definition) is 0. The lowest BCUT2D eigenvalue weighted by atomic mass is 10.1. The van der Waals surface area contributed by atoms with Crippen LogP contribution in [-0.2, 0) is 6.54 Å². The molecule has 2 heterocycles. The lowest BCUT2D eigenvalue weighted by molar-refractivity contribution is 0.164. The van der Waals surface area contributed by atoms with Crippen molar-refractivity contribution in [1.29, 1.82) is 0 Å². The summed E-state index contributed by atoms with van der Waals surface area (Å²) in [4.78, 5) is 5.00. The van der Waals surface area contributed by atoms with Crippen molar-refractivity contribution < 1.29 is 4.39 Å². The maximum Gasteiger partial charge on any atom is 0.168 e. The van der Waals surface area contributed by atoms with E-state index in [0.29, 0.717) is 6.54 Å². The van der Waals surface area contributed by atoms with Crippen molar-refractivity contribution in [1.82, 2.24) is 25.1 Å². The topological polar surface area (TPSA) is 50.1 Å². The van der Waals surface area contributed by atoms with Crippen molar-refractivity contribution in [2.24, 2.45) is 0 Å². The van der Waals surface area contributed by atoms with Crippen molar-refractivity contribution in [2.45, 2.75) is 46.2 Å². The van der Waals surface area contributed by atoms with E-state index in [4.69, 9.17) is 0 Å². The van der Waals surface area contributed by atoms with Gasteiger partial charge in [-0.15, -0.1) is 5.10 Å². The van der Waals surface area contributed by atoms with Crippen molar-refractivity contribution >= 4 is 5.69 Å². The van der Waals surface area contributed by atoms with Crippen LogP contribution in [0.2, 0.25) is 0 Å². The van der Waals surface area contributed by atoms with E-state index in [1.807, 2.05) is 4.68 Å². The van der Waals surface area contributed by atoms with Gasteiger partial charge in [0, 0.05) is 31.9 Å². The highest BCUT2D eigenvalue weighted by Gasteiger charge is 2.29. The van der Waals surface area contributed by atoms with Gasteiger partial charge in [-0.25, -0.2) is 9.07 Å². The van der Waals surface area contributed by atoms with Gasteiger partial charge in [0.25, 0.3) is 0 Å². The minimum absolute atomic E-state index is 0.182. The molecule has 164 valence electrons. The van der Waals surface area contributed by atoms with E-state index in [2.05, 4.69) is 64.3 Å². The summed E-state index contributed by atoms with van der Waals surface area (Å²) in [6, 6.07) is 13.4. The van der Waals surface area contributed by atoms with Crippen LogP contribution in [0.3, 0.4) is 0 Å². The molecule has 1 unspecified atom stereocenters. The fourth-order valence-electron chi connectivity index (χ4n) is 4.41. The minimum atomic E-state index is -0.230. The summed E-state index contributed by atoms with van der Waals surface area (Å²) in [5.74, 6) is 0.664. The third-order valence-corrected chi connectivity index (χ3v) is 6.13. The number of halogens is 1. The van der Waals surface area contributed by atoms with Crippen LogP contribution in [0.15, 0.2) is 42.5 Å². The van der Waals surface area contributed by atoms with Gasteiger partial charge in [0.05, 0.1) is 12.6 Å². The summed E-state index contributed by atoms with van der Waals surface area (Å²) in [5, 5.41) is 12.6. The second kappa shape index (κ2) is 9.56. The molecule has 0 N–H and O–H groups in total. The number of piperazine rings is 1. The van der Waals surface area contributed by atoms with Gasteiger partial charge in [0.2, 0.25) is 0 Å². The largest absolute Gasteiger partial charge is 0.369 e. The summed E-state index contributed by atoms with van der Waals surface area (Å²) in [6.07, 6.45) is 2.07. The zero-order valence-corrected chi connectivity index (χ0v) is 18.6. The van der Waals surface area contributed by atoms with Crippen LogP contribution in [0, 0.1) is 19.7 Å². The fourth-order valence-corrected chi connectivity index (χ4v) is 4.41. The van der Waals surface area contributed by atoms with E-state index in [9.17, 15) is 4.39 Å². The molecule has 1 aliphatic heterocycles. The Morgan fingerprint density at radius 2 is 1.74 bits per heavy atom. The molecule has 0 radical (unpaired) electrons. The quantitative estimate of drug-likeness (QED) is 0.573. The number of benzene rings is 2. The molecule has 1 saturated heterocycles. The molecular formula is C24H31FN6. The van der Waals surface area contributed by atoms with Gasteiger partial charge in [-0.1, -0.05) is 37.6 Å². The van der Waals surface area contributed by atoms with Crippen LogP contribution in [0.5, 0.6) is 0 Å². The van der Waals surface area contributed by atoms with Crippen LogP contribution in [0.1, 0.15) is 48.3 Å². The van der Waals surface area contributed by atoms with Gasteiger partial charge in [0.15, 0.2) is 5.82 Å². The van der Waals surface area contributed by atoms with Gasteiger partial charge in [-0.2, -0.15) is 0 Å². The molecule has 0 spiro atoms. The number of nitrogens with zero attached hydrogens (tertiary/aromatic N) is 6. The second-order valence-electron chi connectivity index (χ2n) is 8.44. The van der Waals surface area contributed by atoms with Crippen LogP contribution in [0.4, 0.5) is 10.1 Å². The van der Waals surface area contributed by atoms with Gasteiger partial charge in [-0.3, -0.25) is 4.90 Å². The zero-order valence-electron chi connectivity index (χ0n) is 18.6. The Balaban J connectivity index is 1.48. The Hall–Kier alpha value is -2.80. The van der Waals surface area contributed by atoms with Crippen LogP contribution < -0.4 is 4.90 Å². The summed E-state index contributed by atoms with van der Waals surface area (Å²) in [6.45, 7) is 11.0. The molecule has 4 rings (SSSR count). The molecule has 31 heavy (non-hydrogen) atoms. The normalized spacial score (nSPS) is 15.9. The van der Waals surface area contributed by atoms with E-state index in [1.165, 1.54) is 28.9 Å². The van der Waals surface area contributed by atoms with E-state index >= 15 is 0 Å². The SMILES string of the molecule is CCCC(c1nnnn1Cc1ccc(F)cc1)N1CCN(c2cc(C)ccc2C)CC1. The molecule has 0 aliphatic carbocycles. The fraction of sp³-hybridized carbons (Fsp3) is 0.458. The predicted molar refractivity (Wildman–Crippen MR) is 121 cm³/mol. The van der Waals surface area contributed by atoms with Gasteiger partial charge < -0.3 is 4.90 Å². The molecule has 0 bridgehead atoms. The third-order valence-electron chi connectivity index (χ3n) is 6.13. The molecule has 0 saturated carbocycles. The van der Waals surface area contributed by atoms with Crippen molar-refractivity contribution in [2.75, 3.05) is 31.1 Å². The first-order chi connectivity index (χ1) is 15.0. The average Bonchev–Trinajstić information content (AvgIpc) is 3.23. The molecule has 2 aromatic carbocycles. The Morgan fingerprint density at radius 3 is 2.45 bits per heavy atom. The maximum absolute atomic E-state index is 13.3. The van der Waals surface area contributed by atoms with Gasteiger partial charge >= 0.3 is 0 Å². The summed E-state index contributed by atoms with van der Waals surface area (Å²) in [7, 11) is 0. The predicted octanol–water partition coefficient (Wildman–Crippen LogP) is 4.14. The van der Waals surface area contributed by atoms with Crippen molar-refractivity contribution in [3.63, 3.8) is 0 Å². The van der Waals surface area contributed by atoms with E-state index in [-0.39, 0.29) is 11.9 Å². The first-order valence-electron chi connectivity index (χ1n) is 11.1. The highest BCUT2D eigenvalue weighted by Crippen LogP contribution is 2.28. The smallest absolute Gasteiger partial charge is 0.168 e. The van der Waals surface area contributed by atoms with Crippen molar-refractivity contribution in [3.05, 3.63) is 70.8 Å². The highest BCUT2D eigenvalue weighted by atomic mass is 19.1. The van der Waals surface area contributed by atoms with Gasteiger partial charge in [0.1, 0.15) is 5.82 Å². The Morgan fingerprint density at radius 1 is 1.00 bits per heavy atom. The molecule has 1 fully saturated rings. The van der Waals surface area contributed by atoms with Crippen molar-refractivity contribution in [3.8, 4) is 0 Å². The Kier molecular flexibility index (Phi) is 6.61. The highest BCUT2D eigenvalue weighted by molar-refractivity contribution is 5.55.